The van der Waals surface area contributed by atoms with Crippen molar-refractivity contribution in [2.24, 2.45) is 0 Å². The Bertz CT molecular complexity index is 1090. The van der Waals surface area contributed by atoms with Gasteiger partial charge in [0.05, 0.1) is 10.3 Å². The van der Waals surface area contributed by atoms with Gasteiger partial charge in [0.15, 0.2) is 5.75 Å². The number of ether oxygens (including phenoxy) is 1. The summed E-state index contributed by atoms with van der Waals surface area (Å²) in [4.78, 5) is 23.2. The van der Waals surface area contributed by atoms with Crippen molar-refractivity contribution in [2.75, 3.05) is 0 Å². The topological polar surface area (TPSA) is 108 Å². The van der Waals surface area contributed by atoms with Crippen molar-refractivity contribution < 1.29 is 9.66 Å². The monoisotopic (exact) mass is 322 g/mol. The molecule has 9 nitrogen and oxygen atoms in total. The summed E-state index contributed by atoms with van der Waals surface area (Å²) in [6, 6.07) is 7.90. The molecule has 24 heavy (non-hydrogen) atoms. The molecule has 3 aromatic heterocycles. The SMILES string of the molecule is Cc1cc(Oc2ccc([N+](=O)[O-])c3cccnc23)n2ncnc2n1. The lowest BCUT2D eigenvalue weighted by Gasteiger charge is -2.09. The number of benzene rings is 1. The molecule has 0 unspecified atom stereocenters. The minimum atomic E-state index is -0.444. The van der Waals surface area contributed by atoms with E-state index < -0.39 is 4.92 Å². The molecule has 9 heteroatoms. The number of nitrogens with zero attached hydrogens (tertiary/aromatic N) is 6. The number of nitro benzene ring substituents is 1. The quantitative estimate of drug-likeness (QED) is 0.421. The van der Waals surface area contributed by atoms with Gasteiger partial charge in [-0.1, -0.05) is 0 Å². The zero-order chi connectivity index (χ0) is 16.7. The standard InChI is InChI=1S/C15H10N6O3/c1-9-7-13(20-15(19-9)17-8-18-20)24-12-5-4-11(21(22)23)10-3-2-6-16-14(10)12/h2-8H,1H3. The van der Waals surface area contributed by atoms with Crippen LogP contribution in [0.4, 0.5) is 5.69 Å². The van der Waals surface area contributed by atoms with Crippen LogP contribution in [0.3, 0.4) is 0 Å². The first-order chi connectivity index (χ1) is 11.6. The summed E-state index contributed by atoms with van der Waals surface area (Å²) in [7, 11) is 0. The van der Waals surface area contributed by atoms with E-state index in [-0.39, 0.29) is 5.69 Å². The molecule has 3 heterocycles. The predicted octanol–water partition coefficient (Wildman–Crippen LogP) is 2.68. The number of hydrogen-bond donors (Lipinski definition) is 0. The molecule has 0 spiro atoms. The largest absolute Gasteiger partial charge is 0.436 e. The van der Waals surface area contributed by atoms with Gasteiger partial charge in [0.25, 0.3) is 11.5 Å². The van der Waals surface area contributed by atoms with Gasteiger partial charge in [0.1, 0.15) is 11.8 Å². The predicted molar refractivity (Wildman–Crippen MR) is 84.0 cm³/mol. The summed E-state index contributed by atoms with van der Waals surface area (Å²) in [5.41, 5.74) is 1.08. The molecular formula is C15H10N6O3. The van der Waals surface area contributed by atoms with Crippen LogP contribution in [-0.4, -0.2) is 29.5 Å². The third-order valence-electron chi connectivity index (χ3n) is 3.47. The van der Waals surface area contributed by atoms with Gasteiger partial charge in [-0.2, -0.15) is 14.6 Å². The van der Waals surface area contributed by atoms with Crippen molar-refractivity contribution in [1.82, 2.24) is 24.6 Å². The Kier molecular flexibility index (Phi) is 3.05. The highest BCUT2D eigenvalue weighted by atomic mass is 16.6. The molecule has 0 saturated carbocycles. The molecule has 0 aliphatic rings. The lowest BCUT2D eigenvalue weighted by Crippen LogP contribution is -2.00. The molecule has 0 radical (unpaired) electrons. The fourth-order valence-corrected chi connectivity index (χ4v) is 2.46. The number of pyridine rings is 1. The Balaban J connectivity index is 1.90. The zero-order valence-electron chi connectivity index (χ0n) is 12.4. The van der Waals surface area contributed by atoms with Crippen LogP contribution in [0.5, 0.6) is 11.6 Å². The number of non-ortho nitro benzene ring substituents is 1. The van der Waals surface area contributed by atoms with E-state index in [1.807, 2.05) is 6.92 Å². The highest BCUT2D eigenvalue weighted by Crippen LogP contribution is 2.33. The smallest absolute Gasteiger partial charge is 0.279 e. The Labute approximate surface area is 134 Å². The molecule has 0 amide bonds. The van der Waals surface area contributed by atoms with Crippen LogP contribution in [0.2, 0.25) is 0 Å². The number of hydrogen-bond acceptors (Lipinski definition) is 7. The van der Waals surface area contributed by atoms with Crippen LogP contribution < -0.4 is 4.74 Å². The van der Waals surface area contributed by atoms with Gasteiger partial charge in [-0.15, -0.1) is 0 Å². The molecule has 0 fully saturated rings. The normalized spacial score (nSPS) is 11.0. The fourth-order valence-electron chi connectivity index (χ4n) is 2.46. The summed E-state index contributed by atoms with van der Waals surface area (Å²) in [6.07, 6.45) is 2.93. The van der Waals surface area contributed by atoms with Gasteiger partial charge in [-0.25, -0.2) is 4.98 Å². The minimum absolute atomic E-state index is 0.0257. The van der Waals surface area contributed by atoms with E-state index in [0.29, 0.717) is 34.0 Å². The van der Waals surface area contributed by atoms with Crippen molar-refractivity contribution in [2.45, 2.75) is 6.92 Å². The van der Waals surface area contributed by atoms with Crippen molar-refractivity contribution in [3.05, 3.63) is 58.7 Å². The maximum Gasteiger partial charge on any atom is 0.279 e. The summed E-state index contributed by atoms with van der Waals surface area (Å²) in [5, 5.41) is 15.7. The van der Waals surface area contributed by atoms with Gasteiger partial charge in [-0.3, -0.25) is 15.1 Å². The maximum absolute atomic E-state index is 11.2. The number of fused-ring (bicyclic) bond motifs is 2. The Morgan fingerprint density at radius 3 is 2.96 bits per heavy atom. The van der Waals surface area contributed by atoms with Gasteiger partial charge in [0.2, 0.25) is 5.88 Å². The number of aryl methyl sites for hydroxylation is 1. The van der Waals surface area contributed by atoms with E-state index in [9.17, 15) is 10.1 Å². The lowest BCUT2D eigenvalue weighted by atomic mass is 10.1. The Morgan fingerprint density at radius 2 is 2.12 bits per heavy atom. The van der Waals surface area contributed by atoms with Crippen LogP contribution in [0.25, 0.3) is 16.7 Å². The van der Waals surface area contributed by atoms with Crippen LogP contribution >= 0.6 is 0 Å². The molecule has 0 N–H and O–H groups in total. The molecule has 0 saturated heterocycles. The second kappa shape index (κ2) is 5.23. The van der Waals surface area contributed by atoms with Gasteiger partial charge in [0, 0.05) is 24.0 Å². The van der Waals surface area contributed by atoms with Crippen molar-refractivity contribution in [1.29, 1.82) is 0 Å². The van der Waals surface area contributed by atoms with E-state index in [0.717, 1.165) is 0 Å². The molecular weight excluding hydrogens is 312 g/mol. The number of rotatable bonds is 3. The third-order valence-corrected chi connectivity index (χ3v) is 3.47. The zero-order valence-corrected chi connectivity index (χ0v) is 12.4. The second-order valence-electron chi connectivity index (χ2n) is 5.05. The highest BCUT2D eigenvalue weighted by Gasteiger charge is 2.17. The molecule has 4 rings (SSSR count). The van der Waals surface area contributed by atoms with E-state index >= 15 is 0 Å². The average molecular weight is 322 g/mol. The fraction of sp³-hybridized carbons (Fsp3) is 0.0667. The van der Waals surface area contributed by atoms with E-state index in [1.54, 1.807) is 24.4 Å². The van der Waals surface area contributed by atoms with E-state index in [2.05, 4.69) is 20.1 Å². The summed E-state index contributed by atoms with van der Waals surface area (Å²) in [6.45, 7) is 1.81. The van der Waals surface area contributed by atoms with Crippen LogP contribution in [0.15, 0.2) is 42.9 Å². The van der Waals surface area contributed by atoms with Crippen LogP contribution in [-0.2, 0) is 0 Å². The summed E-state index contributed by atoms with van der Waals surface area (Å²) >= 11 is 0. The Hall–Kier alpha value is -3.62. The van der Waals surface area contributed by atoms with Crippen molar-refractivity contribution in [3.63, 3.8) is 0 Å². The van der Waals surface area contributed by atoms with Crippen LogP contribution in [0.1, 0.15) is 5.69 Å². The van der Waals surface area contributed by atoms with Gasteiger partial charge >= 0.3 is 0 Å². The van der Waals surface area contributed by atoms with Crippen molar-refractivity contribution in [3.8, 4) is 11.6 Å². The lowest BCUT2D eigenvalue weighted by molar-refractivity contribution is -0.383. The van der Waals surface area contributed by atoms with Gasteiger partial charge in [-0.05, 0) is 25.1 Å². The molecule has 0 bridgehead atoms. The molecule has 0 atom stereocenters. The van der Waals surface area contributed by atoms with Crippen LogP contribution in [0, 0.1) is 17.0 Å². The third kappa shape index (κ3) is 2.19. The molecule has 118 valence electrons. The van der Waals surface area contributed by atoms with Crippen molar-refractivity contribution >= 4 is 22.4 Å². The summed E-state index contributed by atoms with van der Waals surface area (Å²) < 4.78 is 7.36. The Morgan fingerprint density at radius 1 is 1.25 bits per heavy atom. The second-order valence-corrected chi connectivity index (χ2v) is 5.05. The number of nitro groups is 1. The minimum Gasteiger partial charge on any atom is -0.436 e. The van der Waals surface area contributed by atoms with Gasteiger partial charge < -0.3 is 4.74 Å². The number of aromatic nitrogens is 5. The first kappa shape index (κ1) is 14.0. The average Bonchev–Trinajstić information content (AvgIpc) is 3.03. The van der Waals surface area contributed by atoms with E-state index in [4.69, 9.17) is 4.74 Å². The van der Waals surface area contributed by atoms with E-state index in [1.165, 1.54) is 23.0 Å². The molecule has 1 aromatic carbocycles. The maximum atomic E-state index is 11.2. The first-order valence-corrected chi connectivity index (χ1v) is 7.01. The highest BCUT2D eigenvalue weighted by molar-refractivity contribution is 5.92. The summed E-state index contributed by atoms with van der Waals surface area (Å²) in [5.74, 6) is 1.19. The molecule has 0 aliphatic heterocycles. The first-order valence-electron chi connectivity index (χ1n) is 7.01. The molecule has 4 aromatic rings. The molecule has 0 aliphatic carbocycles.